The van der Waals surface area contributed by atoms with Gasteiger partial charge in [0.2, 0.25) is 0 Å². The molecule has 0 amide bonds. The van der Waals surface area contributed by atoms with Gasteiger partial charge < -0.3 is 9.80 Å². The van der Waals surface area contributed by atoms with Crippen molar-refractivity contribution in [3.8, 4) is 0 Å². The van der Waals surface area contributed by atoms with Crippen LogP contribution in [0, 0.1) is 5.92 Å². The molecule has 3 rings (SSSR count). The van der Waals surface area contributed by atoms with Crippen LogP contribution in [0.2, 0.25) is 0 Å². The number of rotatable bonds is 6. The Balaban J connectivity index is 1.46. The Morgan fingerprint density at radius 1 is 1.12 bits per heavy atom. The van der Waals surface area contributed by atoms with E-state index < -0.39 is 12.6 Å². The molecule has 0 radical (unpaired) electrons. The Kier molecular flexibility index (Phi) is 6.43. The maximum atomic E-state index is 12.5. The molecule has 1 fully saturated rings. The molecule has 0 saturated carbocycles. The Bertz CT molecular complexity index is 586. The minimum Gasteiger partial charge on any atom is -0.343 e. The summed E-state index contributed by atoms with van der Waals surface area (Å²) in [6.45, 7) is 3.09. The smallest absolute Gasteiger partial charge is 0.343 e. The van der Waals surface area contributed by atoms with Gasteiger partial charge in [-0.2, -0.15) is 13.2 Å². The van der Waals surface area contributed by atoms with E-state index in [1.165, 1.54) is 18.4 Å². The van der Waals surface area contributed by atoms with Gasteiger partial charge in [-0.3, -0.25) is 4.99 Å². The molecule has 2 aliphatic heterocycles. The predicted molar refractivity (Wildman–Crippen MR) is 98.2 cm³/mol. The van der Waals surface area contributed by atoms with Crippen molar-refractivity contribution in [2.24, 2.45) is 10.9 Å². The molecule has 6 heteroatoms. The summed E-state index contributed by atoms with van der Waals surface area (Å²) in [6.07, 6.45) is 0.864. The van der Waals surface area contributed by atoms with Crippen molar-refractivity contribution in [1.82, 2.24) is 9.80 Å². The van der Waals surface area contributed by atoms with Crippen LogP contribution in [-0.2, 0) is 6.42 Å². The largest absolute Gasteiger partial charge is 0.390 e. The summed E-state index contributed by atoms with van der Waals surface area (Å²) in [5.74, 6) is 1.40. The number of nitrogens with zero attached hydrogens (tertiary/aromatic N) is 3. The maximum Gasteiger partial charge on any atom is 0.390 e. The lowest BCUT2D eigenvalue weighted by Crippen LogP contribution is -2.47. The van der Waals surface area contributed by atoms with Crippen molar-refractivity contribution >= 4 is 5.96 Å². The monoisotopic (exact) mass is 367 g/mol. The standard InChI is InChI=1S/C20H28F3N3/c21-20(22,23)11-14-25-15-12-24-19(25)26-13-5-10-18(16-26)9-4-8-17-6-2-1-3-7-17/h1-3,6-7,18H,4-5,8-16H2. The fourth-order valence-electron chi connectivity index (χ4n) is 3.97. The number of aryl methyl sites for hydroxylation is 1. The molecule has 0 bridgehead atoms. The molecule has 1 unspecified atom stereocenters. The van der Waals surface area contributed by atoms with Gasteiger partial charge in [-0.05, 0) is 43.6 Å². The number of guanidine groups is 1. The molecule has 0 aromatic heterocycles. The molecule has 1 atom stereocenters. The molecule has 1 aromatic carbocycles. The zero-order valence-electron chi connectivity index (χ0n) is 15.2. The van der Waals surface area contributed by atoms with Gasteiger partial charge in [0.15, 0.2) is 5.96 Å². The molecular weight excluding hydrogens is 339 g/mol. The zero-order chi connectivity index (χ0) is 18.4. The molecule has 144 valence electrons. The normalized spacial score (nSPS) is 21.2. The van der Waals surface area contributed by atoms with Gasteiger partial charge in [-0.1, -0.05) is 30.3 Å². The number of aliphatic imine (C=N–C) groups is 1. The second-order valence-corrected chi connectivity index (χ2v) is 7.37. The van der Waals surface area contributed by atoms with Crippen LogP contribution in [0.15, 0.2) is 35.3 Å². The topological polar surface area (TPSA) is 18.8 Å². The fraction of sp³-hybridized carbons (Fsp3) is 0.650. The summed E-state index contributed by atoms with van der Waals surface area (Å²) in [6, 6.07) is 10.5. The zero-order valence-corrected chi connectivity index (χ0v) is 15.2. The predicted octanol–water partition coefficient (Wildman–Crippen LogP) is 4.35. The highest BCUT2D eigenvalue weighted by molar-refractivity contribution is 5.81. The Labute approximate surface area is 153 Å². The van der Waals surface area contributed by atoms with Crippen LogP contribution in [0.4, 0.5) is 13.2 Å². The molecule has 26 heavy (non-hydrogen) atoms. The van der Waals surface area contributed by atoms with Crippen molar-refractivity contribution < 1.29 is 13.2 Å². The van der Waals surface area contributed by atoms with Crippen LogP contribution in [0.3, 0.4) is 0 Å². The number of piperidine rings is 1. The Hall–Kier alpha value is -1.72. The van der Waals surface area contributed by atoms with Gasteiger partial charge in [-0.25, -0.2) is 0 Å². The quantitative estimate of drug-likeness (QED) is 0.745. The second kappa shape index (κ2) is 8.78. The van der Waals surface area contributed by atoms with Gasteiger partial charge >= 0.3 is 6.18 Å². The SMILES string of the molecule is FC(F)(F)CCN1CCN=C1N1CCCC(CCCc2ccccc2)C1. The number of hydrogen-bond donors (Lipinski definition) is 0. The van der Waals surface area contributed by atoms with Crippen molar-refractivity contribution in [3.63, 3.8) is 0 Å². The fourth-order valence-corrected chi connectivity index (χ4v) is 3.97. The van der Waals surface area contributed by atoms with Gasteiger partial charge in [-0.15, -0.1) is 0 Å². The first-order valence-electron chi connectivity index (χ1n) is 9.66. The van der Waals surface area contributed by atoms with E-state index in [0.717, 1.165) is 38.3 Å². The summed E-state index contributed by atoms with van der Waals surface area (Å²) in [5, 5.41) is 0. The lowest BCUT2D eigenvalue weighted by atomic mass is 9.92. The minimum atomic E-state index is -4.10. The van der Waals surface area contributed by atoms with Crippen molar-refractivity contribution in [2.75, 3.05) is 32.7 Å². The molecule has 2 aliphatic rings. The summed E-state index contributed by atoms with van der Waals surface area (Å²) in [5.41, 5.74) is 1.37. The number of hydrogen-bond acceptors (Lipinski definition) is 3. The third kappa shape index (κ3) is 5.64. The third-order valence-electron chi connectivity index (χ3n) is 5.29. The van der Waals surface area contributed by atoms with Crippen LogP contribution in [0.1, 0.15) is 37.7 Å². The number of alkyl halides is 3. The highest BCUT2D eigenvalue weighted by atomic mass is 19.4. The second-order valence-electron chi connectivity index (χ2n) is 7.37. The van der Waals surface area contributed by atoms with Crippen molar-refractivity contribution in [2.45, 2.75) is 44.7 Å². The first kappa shape index (κ1) is 19.1. The van der Waals surface area contributed by atoms with Gasteiger partial charge in [0, 0.05) is 26.2 Å². The molecule has 3 nitrogen and oxygen atoms in total. The lowest BCUT2D eigenvalue weighted by Gasteiger charge is -2.37. The molecule has 0 N–H and O–H groups in total. The Morgan fingerprint density at radius 2 is 1.92 bits per heavy atom. The average Bonchev–Trinajstić information content (AvgIpc) is 3.09. The van der Waals surface area contributed by atoms with Crippen LogP contribution >= 0.6 is 0 Å². The first-order valence-corrected chi connectivity index (χ1v) is 9.66. The highest BCUT2D eigenvalue weighted by Gasteiger charge is 2.32. The number of halogens is 3. The minimum absolute atomic E-state index is 0.0253. The van der Waals surface area contributed by atoms with Crippen LogP contribution in [0.25, 0.3) is 0 Å². The maximum absolute atomic E-state index is 12.5. The van der Waals surface area contributed by atoms with Crippen LogP contribution in [0.5, 0.6) is 0 Å². The van der Waals surface area contributed by atoms with E-state index in [9.17, 15) is 13.2 Å². The van der Waals surface area contributed by atoms with Gasteiger partial charge in [0.05, 0.1) is 13.0 Å². The molecule has 0 spiro atoms. The van der Waals surface area contributed by atoms with E-state index in [1.54, 1.807) is 0 Å². The highest BCUT2D eigenvalue weighted by Crippen LogP contribution is 2.25. The van der Waals surface area contributed by atoms with E-state index in [-0.39, 0.29) is 6.54 Å². The van der Waals surface area contributed by atoms with Crippen LogP contribution in [-0.4, -0.2) is 54.7 Å². The molecular formula is C20H28F3N3. The third-order valence-corrected chi connectivity index (χ3v) is 5.29. The van der Waals surface area contributed by atoms with E-state index in [1.807, 2.05) is 11.0 Å². The van der Waals surface area contributed by atoms with E-state index in [0.29, 0.717) is 19.0 Å². The molecule has 1 saturated heterocycles. The van der Waals surface area contributed by atoms with Gasteiger partial charge in [0.25, 0.3) is 0 Å². The summed E-state index contributed by atoms with van der Waals surface area (Å²) >= 11 is 0. The average molecular weight is 367 g/mol. The van der Waals surface area contributed by atoms with E-state index in [4.69, 9.17) is 0 Å². The summed E-state index contributed by atoms with van der Waals surface area (Å²) in [7, 11) is 0. The number of benzene rings is 1. The van der Waals surface area contributed by atoms with Crippen molar-refractivity contribution in [3.05, 3.63) is 35.9 Å². The summed E-state index contributed by atoms with van der Waals surface area (Å²) in [4.78, 5) is 8.55. The van der Waals surface area contributed by atoms with Crippen LogP contribution < -0.4 is 0 Å². The number of likely N-dealkylation sites (tertiary alicyclic amines) is 1. The van der Waals surface area contributed by atoms with E-state index >= 15 is 0 Å². The molecule has 0 aliphatic carbocycles. The van der Waals surface area contributed by atoms with E-state index in [2.05, 4.69) is 34.2 Å². The molecule has 1 aromatic rings. The molecule has 2 heterocycles. The Morgan fingerprint density at radius 3 is 2.69 bits per heavy atom. The lowest BCUT2D eigenvalue weighted by molar-refractivity contribution is -0.136. The first-order chi connectivity index (χ1) is 12.5. The summed E-state index contributed by atoms with van der Waals surface area (Å²) < 4.78 is 37.6. The van der Waals surface area contributed by atoms with Crippen molar-refractivity contribution in [1.29, 1.82) is 0 Å². The van der Waals surface area contributed by atoms with Gasteiger partial charge in [0.1, 0.15) is 0 Å².